The Balaban J connectivity index is 1.43. The SMILES string of the molecule is CCOc1ccc2c(O[C@@H]3C[C@H]4C(=O)N[C@]5(C(=O)NS(=O)(=O)C6CC6)C[C@H]5C=CCC[C@@H](C)C[C@@H](CC)[C@H](N(C(=O)O)C(C)(C)C(F)(F)F)C(=O)N4C3)nccc2c1. The summed E-state index contributed by atoms with van der Waals surface area (Å²) in [6, 6.07) is 3.66. The van der Waals surface area contributed by atoms with Gasteiger partial charge in [0, 0.05) is 23.9 Å². The normalized spacial score (nSPS) is 28.4. The average molecular weight is 836 g/mol. The highest BCUT2D eigenvalue weighted by Crippen LogP contribution is 2.47. The number of sulfonamides is 1. The van der Waals surface area contributed by atoms with Crippen molar-refractivity contribution in [1.29, 1.82) is 0 Å². The second kappa shape index (κ2) is 16.2. The fourth-order valence-corrected chi connectivity index (χ4v) is 9.67. The number of allylic oxidation sites excluding steroid dienone is 1. The van der Waals surface area contributed by atoms with E-state index >= 15 is 4.79 Å². The Morgan fingerprint density at radius 1 is 1.12 bits per heavy atom. The van der Waals surface area contributed by atoms with Crippen LogP contribution in [0.4, 0.5) is 18.0 Å². The van der Waals surface area contributed by atoms with Gasteiger partial charge in [-0.15, -0.1) is 0 Å². The smallest absolute Gasteiger partial charge is 0.411 e. The van der Waals surface area contributed by atoms with Gasteiger partial charge in [-0.3, -0.25) is 24.0 Å². The van der Waals surface area contributed by atoms with Gasteiger partial charge in [-0.25, -0.2) is 18.2 Å². The standard InChI is InChI=1S/C40H52F3N5O9S/c1-6-24-18-23(3)10-8-9-11-26-21-39(26,36(51)46-58(54,55)29-13-14-29)45-33(49)31-20-28(57-34-30-15-12-27(56-7-2)19-25(30)16-17-44-34)22-47(31)35(50)32(24)48(37(52)53)38(4,5)40(41,42)43/h9,11-12,15-17,19,23-24,26,28-29,31-32H,6-8,10,13-14,18,20-22H2,1-5H3,(H,45,49)(H,46,51)(H,52,53)/t23-,24-,26-,28-,31+,32+,39-/m1/s1. The number of hydrogen-bond donors (Lipinski definition) is 3. The number of rotatable bonds is 10. The third kappa shape index (κ3) is 8.57. The van der Waals surface area contributed by atoms with E-state index in [1.807, 2.05) is 19.9 Å². The predicted octanol–water partition coefficient (Wildman–Crippen LogP) is 5.56. The lowest BCUT2D eigenvalue weighted by molar-refractivity contribution is -0.222. The minimum absolute atomic E-state index is 0.0637. The molecule has 3 heterocycles. The molecule has 2 aliphatic heterocycles. The van der Waals surface area contributed by atoms with E-state index < -0.39 is 86.4 Å². The van der Waals surface area contributed by atoms with Crippen molar-refractivity contribution >= 4 is 44.6 Å². The lowest BCUT2D eigenvalue weighted by atomic mass is 9.82. The monoisotopic (exact) mass is 835 g/mol. The highest BCUT2D eigenvalue weighted by molar-refractivity contribution is 7.91. The quantitative estimate of drug-likeness (QED) is 0.256. The number of alkyl halides is 3. The summed E-state index contributed by atoms with van der Waals surface area (Å²) in [6.07, 6.45) is -0.976. The lowest BCUT2D eigenvalue weighted by Gasteiger charge is -2.46. The van der Waals surface area contributed by atoms with E-state index in [0.717, 1.165) is 4.90 Å². The van der Waals surface area contributed by atoms with Crippen LogP contribution in [-0.4, -0.2) is 106 Å². The van der Waals surface area contributed by atoms with Crippen molar-refractivity contribution in [2.75, 3.05) is 13.2 Å². The first-order valence-electron chi connectivity index (χ1n) is 19.9. The van der Waals surface area contributed by atoms with Gasteiger partial charge in [-0.05, 0) is 101 Å². The number of amides is 4. The summed E-state index contributed by atoms with van der Waals surface area (Å²) in [5.41, 5.74) is -4.72. The third-order valence-corrected chi connectivity index (χ3v) is 13.8. The molecule has 2 saturated carbocycles. The highest BCUT2D eigenvalue weighted by Gasteiger charge is 2.63. The maximum atomic E-state index is 15.1. The molecule has 6 rings (SSSR count). The van der Waals surface area contributed by atoms with E-state index in [1.165, 1.54) is 6.20 Å². The van der Waals surface area contributed by atoms with E-state index in [-0.39, 0.29) is 48.9 Å². The first kappa shape index (κ1) is 43.0. The van der Waals surface area contributed by atoms with Crippen molar-refractivity contribution in [2.45, 2.75) is 127 Å². The number of fused-ring (bicyclic) bond motifs is 3. The van der Waals surface area contributed by atoms with Gasteiger partial charge >= 0.3 is 12.3 Å². The third-order valence-electron chi connectivity index (χ3n) is 12.0. The van der Waals surface area contributed by atoms with Crippen LogP contribution in [0.5, 0.6) is 11.6 Å². The van der Waals surface area contributed by atoms with Crippen molar-refractivity contribution < 1.29 is 55.3 Å². The van der Waals surface area contributed by atoms with Crippen LogP contribution in [-0.2, 0) is 24.4 Å². The Bertz CT molecular complexity index is 2060. The van der Waals surface area contributed by atoms with Gasteiger partial charge in [0.15, 0.2) is 0 Å². The summed E-state index contributed by atoms with van der Waals surface area (Å²) in [5.74, 6) is -3.72. The molecular formula is C40H52F3N5O9S. The first-order chi connectivity index (χ1) is 27.2. The van der Waals surface area contributed by atoms with Gasteiger partial charge in [0.1, 0.15) is 35.0 Å². The zero-order valence-electron chi connectivity index (χ0n) is 33.3. The minimum Gasteiger partial charge on any atom is -0.494 e. The summed E-state index contributed by atoms with van der Waals surface area (Å²) in [6.45, 7) is 6.91. The molecule has 1 aromatic carbocycles. The van der Waals surface area contributed by atoms with Crippen molar-refractivity contribution in [3.8, 4) is 11.6 Å². The molecule has 1 saturated heterocycles. The van der Waals surface area contributed by atoms with Crippen LogP contribution in [0.1, 0.15) is 86.0 Å². The summed E-state index contributed by atoms with van der Waals surface area (Å²) < 4.78 is 84.2. The number of benzene rings is 1. The first-order valence-corrected chi connectivity index (χ1v) is 21.4. The molecule has 2 aromatic rings. The molecule has 0 radical (unpaired) electrons. The van der Waals surface area contributed by atoms with E-state index in [4.69, 9.17) is 9.47 Å². The number of ether oxygens (including phenoxy) is 2. The van der Waals surface area contributed by atoms with E-state index in [1.54, 1.807) is 37.3 Å². The van der Waals surface area contributed by atoms with Gasteiger partial charge in [-0.1, -0.05) is 32.4 Å². The highest BCUT2D eigenvalue weighted by atomic mass is 32.2. The number of nitrogens with zero attached hydrogens (tertiary/aromatic N) is 3. The summed E-state index contributed by atoms with van der Waals surface area (Å²) >= 11 is 0. The Morgan fingerprint density at radius 3 is 2.48 bits per heavy atom. The minimum atomic E-state index is -5.09. The number of carbonyl (C=O) groups is 4. The fourth-order valence-electron chi connectivity index (χ4n) is 8.31. The number of aromatic nitrogens is 1. The van der Waals surface area contributed by atoms with Crippen LogP contribution in [0.2, 0.25) is 0 Å². The Hall–Kier alpha value is -4.61. The van der Waals surface area contributed by atoms with Gasteiger partial charge in [-0.2, -0.15) is 13.2 Å². The maximum Gasteiger partial charge on any atom is 0.411 e. The second-order valence-corrected chi connectivity index (χ2v) is 18.5. The molecule has 318 valence electrons. The molecule has 4 aliphatic rings. The Labute approximate surface area is 335 Å². The van der Waals surface area contributed by atoms with Crippen molar-refractivity contribution in [3.63, 3.8) is 0 Å². The van der Waals surface area contributed by atoms with Crippen LogP contribution in [0.15, 0.2) is 42.6 Å². The zero-order valence-corrected chi connectivity index (χ0v) is 34.1. The number of pyridine rings is 1. The molecule has 3 fully saturated rings. The maximum absolute atomic E-state index is 15.1. The summed E-state index contributed by atoms with van der Waals surface area (Å²) in [5, 5.41) is 13.8. The van der Waals surface area contributed by atoms with E-state index in [0.29, 0.717) is 62.7 Å². The largest absolute Gasteiger partial charge is 0.494 e. The molecule has 18 heteroatoms. The molecule has 14 nitrogen and oxygen atoms in total. The Morgan fingerprint density at radius 2 is 1.84 bits per heavy atom. The molecule has 7 atom stereocenters. The van der Waals surface area contributed by atoms with E-state index in [2.05, 4.69) is 15.0 Å². The van der Waals surface area contributed by atoms with Crippen LogP contribution >= 0.6 is 0 Å². The van der Waals surface area contributed by atoms with Crippen LogP contribution in [0.25, 0.3) is 10.8 Å². The van der Waals surface area contributed by atoms with E-state index in [9.17, 15) is 41.1 Å². The second-order valence-electron chi connectivity index (χ2n) is 16.5. The molecule has 0 spiro atoms. The molecule has 4 amide bonds. The van der Waals surface area contributed by atoms with Gasteiger partial charge in [0.25, 0.3) is 5.91 Å². The number of carboxylic acid groups (broad SMARTS) is 1. The molecule has 3 N–H and O–H groups in total. The van der Waals surface area contributed by atoms with Crippen LogP contribution < -0.4 is 19.5 Å². The summed E-state index contributed by atoms with van der Waals surface area (Å²) in [7, 11) is -4.02. The molecular weight excluding hydrogens is 784 g/mol. The lowest BCUT2D eigenvalue weighted by Crippen LogP contribution is -2.66. The van der Waals surface area contributed by atoms with Gasteiger partial charge in [0.05, 0.1) is 18.4 Å². The van der Waals surface area contributed by atoms with Gasteiger partial charge < -0.3 is 24.8 Å². The molecule has 0 bridgehead atoms. The Kier molecular flexibility index (Phi) is 12.0. The summed E-state index contributed by atoms with van der Waals surface area (Å²) in [4.78, 5) is 62.1. The topological polar surface area (TPSA) is 185 Å². The number of nitrogens with one attached hydrogen (secondary N) is 2. The van der Waals surface area contributed by atoms with Crippen LogP contribution in [0, 0.1) is 17.8 Å². The van der Waals surface area contributed by atoms with Gasteiger partial charge in [0.2, 0.25) is 27.7 Å². The predicted molar refractivity (Wildman–Crippen MR) is 206 cm³/mol. The molecule has 58 heavy (non-hydrogen) atoms. The number of halogens is 3. The number of hydrogen-bond acceptors (Lipinski definition) is 9. The zero-order chi connectivity index (χ0) is 42.4. The molecule has 2 aliphatic carbocycles. The number of carbonyl (C=O) groups excluding carboxylic acids is 3. The fraction of sp³-hybridized carbons (Fsp3) is 0.625. The van der Waals surface area contributed by atoms with Crippen molar-refractivity contribution in [2.24, 2.45) is 17.8 Å². The van der Waals surface area contributed by atoms with Crippen molar-refractivity contribution in [1.82, 2.24) is 24.8 Å². The van der Waals surface area contributed by atoms with Crippen LogP contribution in [0.3, 0.4) is 0 Å². The molecule has 0 unspecified atom stereocenters. The van der Waals surface area contributed by atoms with Crippen molar-refractivity contribution in [3.05, 3.63) is 42.6 Å². The average Bonchev–Trinajstić information content (AvgIpc) is 4.07. The molecule has 1 aromatic heterocycles.